The Morgan fingerprint density at radius 3 is 1.67 bits per heavy atom. The third kappa shape index (κ3) is 5.92. The average Bonchev–Trinajstić information content (AvgIpc) is 1.90. The molecular formula is C7H16Cl3NO. The lowest BCUT2D eigenvalue weighted by molar-refractivity contribution is -0.122. The van der Waals surface area contributed by atoms with Crippen molar-refractivity contribution in [3.05, 3.63) is 0 Å². The minimum Gasteiger partial charge on any atom is -0.369 e. The zero-order valence-corrected chi connectivity index (χ0v) is 9.27. The van der Waals surface area contributed by atoms with Crippen molar-refractivity contribution in [2.24, 2.45) is 11.7 Å². The Morgan fingerprint density at radius 2 is 1.42 bits per heavy atom. The van der Waals surface area contributed by atoms with Gasteiger partial charge in [0.25, 0.3) is 0 Å². The number of nitrogens with two attached hydrogens (primary N) is 1. The molecule has 0 atom stereocenters. The zero-order valence-electron chi connectivity index (χ0n) is 6.82. The third-order valence-electron chi connectivity index (χ3n) is 2.01. The SMILES string of the molecule is Cl.Cl.Cl.NC(=O)C1CCCCC1. The fourth-order valence-electron chi connectivity index (χ4n) is 1.39. The normalized spacial score (nSPS) is 16.3. The Balaban J connectivity index is -0.000000270. The minimum absolute atomic E-state index is 0. The second-order valence-electron chi connectivity index (χ2n) is 2.74. The zero-order chi connectivity index (χ0) is 6.69. The molecule has 1 rings (SSSR count). The van der Waals surface area contributed by atoms with Crippen LogP contribution in [-0.4, -0.2) is 5.91 Å². The molecule has 0 spiro atoms. The Labute approximate surface area is 91.9 Å². The summed E-state index contributed by atoms with van der Waals surface area (Å²) in [6.07, 6.45) is 5.70. The van der Waals surface area contributed by atoms with Crippen LogP contribution in [0.3, 0.4) is 0 Å². The van der Waals surface area contributed by atoms with Crippen LogP contribution < -0.4 is 5.73 Å². The molecule has 2 N–H and O–H groups in total. The van der Waals surface area contributed by atoms with E-state index < -0.39 is 0 Å². The summed E-state index contributed by atoms with van der Waals surface area (Å²) in [5, 5.41) is 0. The van der Waals surface area contributed by atoms with E-state index in [0.717, 1.165) is 12.8 Å². The van der Waals surface area contributed by atoms with E-state index >= 15 is 0 Å². The van der Waals surface area contributed by atoms with Gasteiger partial charge in [0.15, 0.2) is 0 Å². The summed E-state index contributed by atoms with van der Waals surface area (Å²) >= 11 is 0. The van der Waals surface area contributed by atoms with E-state index in [1.54, 1.807) is 0 Å². The van der Waals surface area contributed by atoms with E-state index in [2.05, 4.69) is 0 Å². The second kappa shape index (κ2) is 9.43. The first-order valence-corrected chi connectivity index (χ1v) is 3.60. The Kier molecular flexibility index (Phi) is 14.3. The molecule has 0 aromatic heterocycles. The lowest BCUT2D eigenvalue weighted by Gasteiger charge is -2.17. The predicted molar refractivity (Wildman–Crippen MR) is 57.5 cm³/mol. The van der Waals surface area contributed by atoms with Gasteiger partial charge in [0.2, 0.25) is 5.91 Å². The molecular weight excluding hydrogens is 220 g/mol. The first-order valence-electron chi connectivity index (χ1n) is 3.60. The fourth-order valence-corrected chi connectivity index (χ4v) is 1.39. The van der Waals surface area contributed by atoms with Gasteiger partial charge in [-0.15, -0.1) is 37.2 Å². The quantitative estimate of drug-likeness (QED) is 0.746. The molecule has 5 heteroatoms. The number of hydrogen-bond donors (Lipinski definition) is 1. The lowest BCUT2D eigenvalue weighted by atomic mass is 9.89. The molecule has 12 heavy (non-hydrogen) atoms. The van der Waals surface area contributed by atoms with Gasteiger partial charge in [0, 0.05) is 5.92 Å². The van der Waals surface area contributed by atoms with Crippen molar-refractivity contribution in [1.82, 2.24) is 0 Å². The van der Waals surface area contributed by atoms with Crippen LogP contribution in [0, 0.1) is 5.92 Å². The molecule has 0 aromatic carbocycles. The maximum Gasteiger partial charge on any atom is 0.220 e. The molecule has 1 aliphatic carbocycles. The molecule has 0 aliphatic heterocycles. The molecule has 0 saturated heterocycles. The average molecular weight is 237 g/mol. The number of carbonyl (C=O) groups excluding carboxylic acids is 1. The number of hydrogen-bond acceptors (Lipinski definition) is 1. The van der Waals surface area contributed by atoms with Crippen LogP contribution in [0.4, 0.5) is 0 Å². The Bertz CT molecular complexity index is 115. The lowest BCUT2D eigenvalue weighted by Crippen LogP contribution is -2.24. The summed E-state index contributed by atoms with van der Waals surface area (Å²) < 4.78 is 0. The van der Waals surface area contributed by atoms with Crippen LogP contribution in [0.15, 0.2) is 0 Å². The van der Waals surface area contributed by atoms with Crippen molar-refractivity contribution in [1.29, 1.82) is 0 Å². The Morgan fingerprint density at radius 1 is 1.00 bits per heavy atom. The maximum absolute atomic E-state index is 10.6. The van der Waals surface area contributed by atoms with Gasteiger partial charge in [0.05, 0.1) is 0 Å². The van der Waals surface area contributed by atoms with Crippen molar-refractivity contribution in [3.63, 3.8) is 0 Å². The molecule has 1 amide bonds. The van der Waals surface area contributed by atoms with E-state index in [1.165, 1.54) is 19.3 Å². The van der Waals surface area contributed by atoms with Crippen LogP contribution in [0.5, 0.6) is 0 Å². The van der Waals surface area contributed by atoms with Crippen LogP contribution in [0.1, 0.15) is 32.1 Å². The monoisotopic (exact) mass is 235 g/mol. The van der Waals surface area contributed by atoms with E-state index in [1.807, 2.05) is 0 Å². The van der Waals surface area contributed by atoms with E-state index in [0.29, 0.717) is 0 Å². The summed E-state index contributed by atoms with van der Waals surface area (Å²) in [7, 11) is 0. The van der Waals surface area contributed by atoms with Crippen LogP contribution in [0.25, 0.3) is 0 Å². The highest BCUT2D eigenvalue weighted by atomic mass is 35.5. The van der Waals surface area contributed by atoms with Gasteiger partial charge in [-0.3, -0.25) is 4.79 Å². The van der Waals surface area contributed by atoms with Crippen molar-refractivity contribution >= 4 is 43.1 Å². The molecule has 0 heterocycles. The molecule has 0 aromatic rings. The van der Waals surface area contributed by atoms with Crippen LogP contribution in [-0.2, 0) is 4.79 Å². The number of primary amides is 1. The maximum atomic E-state index is 10.6. The number of amides is 1. The molecule has 0 bridgehead atoms. The van der Waals surface area contributed by atoms with E-state index in [4.69, 9.17) is 5.73 Å². The molecule has 1 saturated carbocycles. The summed E-state index contributed by atoms with van der Waals surface area (Å²) in [6.45, 7) is 0. The molecule has 76 valence electrons. The highest BCUT2D eigenvalue weighted by Gasteiger charge is 2.17. The first kappa shape index (κ1) is 18.2. The van der Waals surface area contributed by atoms with Gasteiger partial charge in [-0.1, -0.05) is 19.3 Å². The summed E-state index contributed by atoms with van der Waals surface area (Å²) in [4.78, 5) is 10.6. The van der Waals surface area contributed by atoms with Gasteiger partial charge < -0.3 is 5.73 Å². The second-order valence-corrected chi connectivity index (χ2v) is 2.74. The van der Waals surface area contributed by atoms with Crippen LogP contribution >= 0.6 is 37.2 Å². The van der Waals surface area contributed by atoms with Crippen molar-refractivity contribution in [2.45, 2.75) is 32.1 Å². The molecule has 1 fully saturated rings. The number of rotatable bonds is 1. The molecule has 0 radical (unpaired) electrons. The van der Waals surface area contributed by atoms with Gasteiger partial charge >= 0.3 is 0 Å². The number of carbonyl (C=O) groups is 1. The molecule has 2 nitrogen and oxygen atoms in total. The topological polar surface area (TPSA) is 43.1 Å². The van der Waals surface area contributed by atoms with Crippen molar-refractivity contribution in [2.75, 3.05) is 0 Å². The van der Waals surface area contributed by atoms with E-state index in [9.17, 15) is 4.79 Å². The summed E-state index contributed by atoms with van der Waals surface area (Å²) in [6, 6.07) is 0. The van der Waals surface area contributed by atoms with Gasteiger partial charge in [-0.25, -0.2) is 0 Å². The minimum atomic E-state index is -0.102. The van der Waals surface area contributed by atoms with Gasteiger partial charge in [-0.05, 0) is 12.8 Å². The largest absolute Gasteiger partial charge is 0.369 e. The van der Waals surface area contributed by atoms with Gasteiger partial charge in [0.1, 0.15) is 0 Å². The van der Waals surface area contributed by atoms with E-state index in [-0.39, 0.29) is 49.0 Å². The number of halogens is 3. The summed E-state index contributed by atoms with van der Waals surface area (Å²) in [5.41, 5.74) is 5.13. The highest BCUT2D eigenvalue weighted by molar-refractivity contribution is 5.86. The molecule has 1 aliphatic rings. The fraction of sp³-hybridized carbons (Fsp3) is 0.857. The highest BCUT2D eigenvalue weighted by Crippen LogP contribution is 2.22. The van der Waals surface area contributed by atoms with Crippen molar-refractivity contribution < 1.29 is 4.79 Å². The van der Waals surface area contributed by atoms with Gasteiger partial charge in [-0.2, -0.15) is 0 Å². The van der Waals surface area contributed by atoms with Crippen LogP contribution in [0.2, 0.25) is 0 Å². The summed E-state index contributed by atoms with van der Waals surface area (Å²) in [5.74, 6) is 0.0912. The smallest absolute Gasteiger partial charge is 0.220 e. The first-order chi connectivity index (χ1) is 4.30. The predicted octanol–water partition coefficient (Wildman–Crippen LogP) is 2.32. The standard InChI is InChI=1S/C7H13NO.3ClH/c8-7(9)6-4-2-1-3-5-6;;;/h6H,1-5H2,(H2,8,9);3*1H. The third-order valence-corrected chi connectivity index (χ3v) is 2.01. The molecule has 0 unspecified atom stereocenters. The van der Waals surface area contributed by atoms with Crippen molar-refractivity contribution in [3.8, 4) is 0 Å². The Hall–Kier alpha value is 0.340.